The Bertz CT molecular complexity index is 438. The van der Waals surface area contributed by atoms with Crippen molar-refractivity contribution in [1.29, 1.82) is 0 Å². The Labute approximate surface area is 109 Å². The zero-order chi connectivity index (χ0) is 13.9. The molecule has 19 heavy (non-hydrogen) atoms. The molecule has 0 aliphatic heterocycles. The number of alkyl carbamates (subject to hydrolysis) is 1. The summed E-state index contributed by atoms with van der Waals surface area (Å²) in [5, 5.41) is 2.37. The average Bonchev–Trinajstić information content (AvgIpc) is 3.14. The maximum Gasteiger partial charge on any atom is 0.481 e. The first-order chi connectivity index (χ1) is 8.97. The van der Waals surface area contributed by atoms with Crippen LogP contribution in [-0.2, 0) is 11.3 Å². The lowest BCUT2D eigenvalue weighted by atomic mass is 9.82. The standard InChI is InChI=1S/C12H14BF3NO2/c14-13(15,16)11-6-10(11)7-17-12(18)19-8-9-4-2-1-3-5-9/h1-5,10-11H,6-8H2,(H,17,18)/q-1/t10-,11+/m1/s1. The van der Waals surface area contributed by atoms with Gasteiger partial charge in [0.25, 0.3) is 0 Å². The zero-order valence-electron chi connectivity index (χ0n) is 10.2. The Morgan fingerprint density at radius 1 is 1.32 bits per heavy atom. The van der Waals surface area contributed by atoms with Crippen LogP contribution in [-0.4, -0.2) is 19.6 Å². The van der Waals surface area contributed by atoms with E-state index in [0.29, 0.717) is 0 Å². The minimum absolute atomic E-state index is 0.0273. The van der Waals surface area contributed by atoms with Crippen molar-refractivity contribution in [1.82, 2.24) is 5.32 Å². The zero-order valence-corrected chi connectivity index (χ0v) is 10.2. The summed E-state index contributed by atoms with van der Waals surface area (Å²) in [5.41, 5.74) is 0.834. The third kappa shape index (κ3) is 4.19. The average molecular weight is 272 g/mol. The molecule has 0 aromatic heterocycles. The predicted octanol–water partition coefficient (Wildman–Crippen LogP) is 3.15. The summed E-state index contributed by atoms with van der Waals surface area (Å²) in [6.45, 7) is -4.63. The minimum Gasteiger partial charge on any atom is -0.449 e. The molecule has 0 saturated heterocycles. The van der Waals surface area contributed by atoms with Gasteiger partial charge in [0.1, 0.15) is 6.61 Å². The van der Waals surface area contributed by atoms with Gasteiger partial charge < -0.3 is 23.0 Å². The van der Waals surface area contributed by atoms with E-state index in [1.165, 1.54) is 0 Å². The molecular formula is C12H14BF3NO2-. The van der Waals surface area contributed by atoms with Crippen LogP contribution in [0.25, 0.3) is 0 Å². The second-order valence-electron chi connectivity index (χ2n) is 4.73. The van der Waals surface area contributed by atoms with E-state index in [1.54, 1.807) is 12.1 Å². The molecule has 2 atom stereocenters. The lowest BCUT2D eigenvalue weighted by molar-refractivity contribution is 0.139. The first-order valence-corrected chi connectivity index (χ1v) is 6.11. The van der Waals surface area contributed by atoms with E-state index in [4.69, 9.17) is 4.74 Å². The number of amides is 1. The van der Waals surface area contributed by atoms with Gasteiger partial charge >= 0.3 is 13.1 Å². The number of hydrogen-bond donors (Lipinski definition) is 1. The van der Waals surface area contributed by atoms with Crippen molar-refractivity contribution in [3.63, 3.8) is 0 Å². The SMILES string of the molecule is O=C(NC[C@H]1C[C@@H]1[B-](F)(F)F)OCc1ccccc1. The number of nitrogens with one attached hydrogen (secondary N) is 1. The van der Waals surface area contributed by atoms with Crippen molar-refractivity contribution in [2.45, 2.75) is 18.8 Å². The van der Waals surface area contributed by atoms with E-state index < -0.39 is 24.8 Å². The van der Waals surface area contributed by atoms with Crippen LogP contribution in [0.1, 0.15) is 12.0 Å². The summed E-state index contributed by atoms with van der Waals surface area (Å²) >= 11 is 0. The van der Waals surface area contributed by atoms with Crippen LogP contribution >= 0.6 is 0 Å². The van der Waals surface area contributed by atoms with Crippen LogP contribution in [0.15, 0.2) is 30.3 Å². The van der Waals surface area contributed by atoms with Crippen molar-refractivity contribution < 1.29 is 22.5 Å². The molecule has 0 heterocycles. The maximum absolute atomic E-state index is 12.3. The number of ether oxygens (including phenoxy) is 1. The van der Waals surface area contributed by atoms with Crippen molar-refractivity contribution in [2.75, 3.05) is 6.54 Å². The van der Waals surface area contributed by atoms with E-state index >= 15 is 0 Å². The smallest absolute Gasteiger partial charge is 0.449 e. The molecule has 0 radical (unpaired) electrons. The summed E-state index contributed by atoms with van der Waals surface area (Å²) < 4.78 is 41.8. The van der Waals surface area contributed by atoms with Gasteiger partial charge in [-0.15, -0.1) is 0 Å². The topological polar surface area (TPSA) is 38.3 Å². The molecule has 7 heteroatoms. The van der Waals surface area contributed by atoms with Crippen molar-refractivity contribution in [3.05, 3.63) is 35.9 Å². The Morgan fingerprint density at radius 3 is 2.58 bits per heavy atom. The number of halogens is 3. The van der Waals surface area contributed by atoms with E-state index in [0.717, 1.165) is 5.56 Å². The first-order valence-electron chi connectivity index (χ1n) is 6.11. The van der Waals surface area contributed by atoms with Gasteiger partial charge in [0, 0.05) is 6.54 Å². The van der Waals surface area contributed by atoms with Crippen LogP contribution in [0.2, 0.25) is 5.82 Å². The van der Waals surface area contributed by atoms with Gasteiger partial charge in [-0.25, -0.2) is 4.79 Å². The quantitative estimate of drug-likeness (QED) is 0.836. The first kappa shape index (κ1) is 13.8. The second kappa shape index (κ2) is 5.55. The van der Waals surface area contributed by atoms with Gasteiger partial charge in [0.15, 0.2) is 0 Å². The van der Waals surface area contributed by atoms with Gasteiger partial charge in [0.05, 0.1) is 0 Å². The number of carbonyl (C=O) groups is 1. The molecule has 2 rings (SSSR count). The number of benzene rings is 1. The highest BCUT2D eigenvalue weighted by Gasteiger charge is 2.50. The fourth-order valence-electron chi connectivity index (χ4n) is 1.96. The highest BCUT2D eigenvalue weighted by Crippen LogP contribution is 2.52. The maximum atomic E-state index is 12.3. The van der Waals surface area contributed by atoms with Gasteiger partial charge in [-0.2, -0.15) is 0 Å². The van der Waals surface area contributed by atoms with E-state index in [1.807, 2.05) is 18.2 Å². The number of rotatable bonds is 5. The Hall–Kier alpha value is -1.66. The van der Waals surface area contributed by atoms with Crippen molar-refractivity contribution in [3.8, 4) is 0 Å². The molecule has 1 aromatic rings. The van der Waals surface area contributed by atoms with Crippen LogP contribution < -0.4 is 5.32 Å². The molecule has 3 nitrogen and oxygen atoms in total. The Morgan fingerprint density at radius 2 is 2.00 bits per heavy atom. The molecular weight excluding hydrogens is 258 g/mol. The van der Waals surface area contributed by atoms with E-state index in [9.17, 15) is 17.7 Å². The molecule has 1 aromatic carbocycles. The number of hydrogen-bond acceptors (Lipinski definition) is 2. The lowest BCUT2D eigenvalue weighted by Crippen LogP contribution is -2.27. The third-order valence-electron chi connectivity index (χ3n) is 3.18. The molecule has 1 N–H and O–H groups in total. The van der Waals surface area contributed by atoms with E-state index in [-0.39, 0.29) is 19.6 Å². The summed E-state index contributed by atoms with van der Waals surface area (Å²) in [4.78, 5) is 11.3. The van der Waals surface area contributed by atoms with Crippen LogP contribution in [0.3, 0.4) is 0 Å². The summed E-state index contributed by atoms with van der Waals surface area (Å²) in [6.07, 6.45) is -0.563. The van der Waals surface area contributed by atoms with Crippen LogP contribution in [0.4, 0.5) is 17.7 Å². The normalized spacial score (nSPS) is 21.8. The van der Waals surface area contributed by atoms with Gasteiger partial charge in [-0.05, 0) is 11.5 Å². The van der Waals surface area contributed by atoms with Gasteiger partial charge in [-0.3, -0.25) is 0 Å². The fraction of sp³-hybridized carbons (Fsp3) is 0.417. The second-order valence-corrected chi connectivity index (χ2v) is 4.73. The predicted molar refractivity (Wildman–Crippen MR) is 65.6 cm³/mol. The monoisotopic (exact) mass is 272 g/mol. The van der Waals surface area contributed by atoms with Crippen LogP contribution in [0.5, 0.6) is 0 Å². The fourth-order valence-corrected chi connectivity index (χ4v) is 1.96. The molecule has 0 bridgehead atoms. The highest BCUT2D eigenvalue weighted by molar-refractivity contribution is 6.61. The van der Waals surface area contributed by atoms with E-state index in [2.05, 4.69) is 5.32 Å². The molecule has 1 fully saturated rings. The Balaban J connectivity index is 1.64. The molecule has 1 aliphatic rings. The molecule has 1 saturated carbocycles. The molecule has 0 spiro atoms. The largest absolute Gasteiger partial charge is 0.481 e. The van der Waals surface area contributed by atoms with Crippen molar-refractivity contribution in [2.24, 2.45) is 5.92 Å². The molecule has 0 unspecified atom stereocenters. The molecule has 104 valence electrons. The minimum atomic E-state index is -4.77. The van der Waals surface area contributed by atoms with Gasteiger partial charge in [0.2, 0.25) is 0 Å². The molecule has 1 amide bonds. The Kier molecular flexibility index (Phi) is 4.02. The summed E-state index contributed by atoms with van der Waals surface area (Å²) in [6, 6.07) is 9.08. The van der Waals surface area contributed by atoms with Crippen molar-refractivity contribution >= 4 is 13.1 Å². The summed E-state index contributed by atoms with van der Waals surface area (Å²) in [7, 11) is 0. The summed E-state index contributed by atoms with van der Waals surface area (Å²) in [5.74, 6) is -1.70. The van der Waals surface area contributed by atoms with Crippen LogP contribution in [0, 0.1) is 5.92 Å². The number of carbonyl (C=O) groups excluding carboxylic acids is 1. The van der Waals surface area contributed by atoms with Gasteiger partial charge in [-0.1, -0.05) is 42.6 Å². The highest BCUT2D eigenvalue weighted by atomic mass is 19.4. The molecule has 1 aliphatic carbocycles. The lowest BCUT2D eigenvalue weighted by Gasteiger charge is -2.13. The third-order valence-corrected chi connectivity index (χ3v) is 3.18.